The summed E-state index contributed by atoms with van der Waals surface area (Å²) in [7, 11) is -2.37. The third-order valence-electron chi connectivity index (χ3n) is 2.70. The van der Waals surface area contributed by atoms with E-state index < -0.39 is 10.0 Å². The van der Waals surface area contributed by atoms with E-state index in [-0.39, 0.29) is 5.16 Å². The fourth-order valence-corrected chi connectivity index (χ4v) is 2.89. The lowest BCUT2D eigenvalue weighted by Crippen LogP contribution is -2.18. The summed E-state index contributed by atoms with van der Waals surface area (Å²) in [5.41, 5.74) is 0.675. The molecule has 20 heavy (non-hydrogen) atoms. The van der Waals surface area contributed by atoms with Crippen LogP contribution in [0.4, 0.5) is 0 Å². The lowest BCUT2D eigenvalue weighted by atomic mass is 10.2. The molecule has 0 aliphatic carbocycles. The van der Waals surface area contributed by atoms with E-state index in [1.165, 1.54) is 4.57 Å². The van der Waals surface area contributed by atoms with E-state index in [0.717, 1.165) is 4.47 Å². The summed E-state index contributed by atoms with van der Waals surface area (Å²) in [6.07, 6.45) is 0. The highest BCUT2D eigenvalue weighted by Gasteiger charge is 2.22. The first-order chi connectivity index (χ1) is 9.38. The Morgan fingerprint density at radius 3 is 2.65 bits per heavy atom. The first-order valence-electron chi connectivity index (χ1n) is 5.68. The van der Waals surface area contributed by atoms with E-state index in [1.54, 1.807) is 32.2 Å². The highest BCUT2D eigenvalue weighted by molar-refractivity contribution is 9.10. The third kappa shape index (κ3) is 2.69. The lowest BCUT2D eigenvalue weighted by molar-refractivity contribution is 0.415. The van der Waals surface area contributed by atoms with E-state index in [2.05, 4.69) is 26.1 Å². The zero-order valence-electron chi connectivity index (χ0n) is 10.9. The molecule has 0 atom stereocenters. The molecule has 2 N–H and O–H groups in total. The Morgan fingerprint density at radius 2 is 2.10 bits per heavy atom. The second-order valence-corrected chi connectivity index (χ2v) is 6.25. The minimum atomic E-state index is -3.92. The van der Waals surface area contributed by atoms with Crippen LogP contribution in [0.25, 0.3) is 11.4 Å². The fraction of sp³-hybridized carbons (Fsp3) is 0.273. The number of aromatic nitrogens is 3. The number of nitrogens with zero attached hydrogens (tertiary/aromatic N) is 3. The van der Waals surface area contributed by atoms with Gasteiger partial charge in [0.15, 0.2) is 5.82 Å². The van der Waals surface area contributed by atoms with Crippen molar-refractivity contribution in [1.29, 1.82) is 0 Å². The first-order valence-corrected chi connectivity index (χ1v) is 8.02. The van der Waals surface area contributed by atoms with E-state index in [1.807, 2.05) is 0 Å². The van der Waals surface area contributed by atoms with Gasteiger partial charge in [0.2, 0.25) is 0 Å². The molecule has 0 aliphatic rings. The molecule has 1 aromatic carbocycles. The standard InChI is InChI=1S/C11H13BrN4O3S/c1-3-16-10(14-15-11(16)20(13,17)18)8-6-7(19-2)4-5-9(8)12/h4-6H,3H2,1-2H3,(H2,13,17,18). The van der Waals surface area contributed by atoms with Gasteiger partial charge >= 0.3 is 0 Å². The van der Waals surface area contributed by atoms with Gasteiger partial charge in [0.05, 0.1) is 7.11 Å². The number of sulfonamides is 1. The molecular weight excluding hydrogens is 348 g/mol. The number of primary sulfonamides is 1. The molecule has 1 aromatic heterocycles. The summed E-state index contributed by atoms with van der Waals surface area (Å²) in [4.78, 5) is 0. The van der Waals surface area contributed by atoms with Crippen LogP contribution in [0, 0.1) is 0 Å². The molecule has 0 amide bonds. The first kappa shape index (κ1) is 14.9. The van der Waals surface area contributed by atoms with Crippen molar-refractivity contribution in [2.75, 3.05) is 7.11 Å². The van der Waals surface area contributed by atoms with Crippen molar-refractivity contribution < 1.29 is 13.2 Å². The monoisotopic (exact) mass is 360 g/mol. The van der Waals surface area contributed by atoms with E-state index in [0.29, 0.717) is 23.7 Å². The normalized spacial score (nSPS) is 11.6. The van der Waals surface area contributed by atoms with E-state index in [9.17, 15) is 8.42 Å². The Bertz CT molecular complexity index is 742. The number of rotatable bonds is 4. The lowest BCUT2D eigenvalue weighted by Gasteiger charge is -2.09. The van der Waals surface area contributed by atoms with Crippen LogP contribution in [0.15, 0.2) is 27.8 Å². The predicted molar refractivity (Wildman–Crippen MR) is 76.8 cm³/mol. The molecule has 2 aromatic rings. The Hall–Kier alpha value is -1.45. The van der Waals surface area contributed by atoms with Crippen LogP contribution in [0.1, 0.15) is 6.92 Å². The Morgan fingerprint density at radius 1 is 1.40 bits per heavy atom. The summed E-state index contributed by atoms with van der Waals surface area (Å²) in [5, 5.41) is 12.5. The van der Waals surface area contributed by atoms with Gasteiger partial charge in [-0.25, -0.2) is 13.6 Å². The largest absolute Gasteiger partial charge is 0.497 e. The van der Waals surface area contributed by atoms with Gasteiger partial charge < -0.3 is 4.74 Å². The zero-order valence-corrected chi connectivity index (χ0v) is 13.3. The molecule has 0 aliphatic heterocycles. The van der Waals surface area contributed by atoms with Crippen molar-refractivity contribution >= 4 is 26.0 Å². The van der Waals surface area contributed by atoms with E-state index in [4.69, 9.17) is 9.88 Å². The van der Waals surface area contributed by atoms with Crippen LogP contribution in [0.5, 0.6) is 5.75 Å². The number of hydrogen-bond donors (Lipinski definition) is 1. The van der Waals surface area contributed by atoms with Crippen molar-refractivity contribution in [3.05, 3.63) is 22.7 Å². The molecule has 0 saturated carbocycles. The van der Waals surface area contributed by atoms with Crippen LogP contribution in [0.2, 0.25) is 0 Å². The molecule has 1 heterocycles. The third-order valence-corrected chi connectivity index (χ3v) is 4.20. The number of ether oxygens (including phenoxy) is 1. The van der Waals surface area contributed by atoms with Crippen molar-refractivity contribution in [1.82, 2.24) is 14.8 Å². The smallest absolute Gasteiger partial charge is 0.273 e. The fourth-order valence-electron chi connectivity index (χ4n) is 1.79. The van der Waals surface area contributed by atoms with Crippen LogP contribution >= 0.6 is 15.9 Å². The Balaban J connectivity index is 2.68. The molecule has 108 valence electrons. The van der Waals surface area contributed by atoms with E-state index >= 15 is 0 Å². The SMILES string of the molecule is CCn1c(-c2cc(OC)ccc2Br)nnc1S(N)(=O)=O. The summed E-state index contributed by atoms with van der Waals surface area (Å²) in [6.45, 7) is 2.16. The van der Waals surface area contributed by atoms with Gasteiger partial charge in [-0.3, -0.25) is 4.57 Å². The minimum absolute atomic E-state index is 0.260. The van der Waals surface area contributed by atoms with Gasteiger partial charge in [-0.05, 0) is 25.1 Å². The van der Waals surface area contributed by atoms with Crippen molar-refractivity contribution in [2.45, 2.75) is 18.6 Å². The predicted octanol–water partition coefficient (Wildman–Crippen LogP) is 1.38. The van der Waals surface area contributed by atoms with Gasteiger partial charge in [0.25, 0.3) is 15.2 Å². The van der Waals surface area contributed by atoms with Gasteiger partial charge in [0.1, 0.15) is 5.75 Å². The van der Waals surface area contributed by atoms with Crippen molar-refractivity contribution in [2.24, 2.45) is 5.14 Å². The molecule has 0 radical (unpaired) electrons. The molecule has 9 heteroatoms. The van der Waals surface area contributed by atoms with Crippen molar-refractivity contribution in [3.8, 4) is 17.1 Å². The summed E-state index contributed by atoms with van der Waals surface area (Å²) >= 11 is 3.40. The van der Waals surface area contributed by atoms with Gasteiger partial charge in [-0.15, -0.1) is 10.2 Å². The second kappa shape index (κ2) is 5.51. The van der Waals surface area contributed by atoms with Crippen LogP contribution in [0.3, 0.4) is 0 Å². The molecule has 2 rings (SSSR count). The summed E-state index contributed by atoms with van der Waals surface area (Å²) in [6, 6.07) is 5.31. The number of halogens is 1. The van der Waals surface area contributed by atoms with Crippen LogP contribution in [-0.4, -0.2) is 30.3 Å². The van der Waals surface area contributed by atoms with Crippen LogP contribution < -0.4 is 9.88 Å². The average Bonchev–Trinajstić information content (AvgIpc) is 2.82. The zero-order chi connectivity index (χ0) is 14.9. The number of benzene rings is 1. The molecule has 0 spiro atoms. The number of nitrogens with two attached hydrogens (primary N) is 1. The molecule has 7 nitrogen and oxygen atoms in total. The van der Waals surface area contributed by atoms with Gasteiger partial charge in [-0.1, -0.05) is 15.9 Å². The van der Waals surface area contributed by atoms with Crippen molar-refractivity contribution in [3.63, 3.8) is 0 Å². The molecule has 0 fully saturated rings. The summed E-state index contributed by atoms with van der Waals surface area (Å²) < 4.78 is 30.3. The highest BCUT2D eigenvalue weighted by Crippen LogP contribution is 2.31. The number of hydrogen-bond acceptors (Lipinski definition) is 5. The Kier molecular flexibility index (Phi) is 4.11. The highest BCUT2D eigenvalue weighted by atomic mass is 79.9. The molecule has 0 saturated heterocycles. The molecule has 0 unspecified atom stereocenters. The maximum absolute atomic E-state index is 11.5. The quantitative estimate of drug-likeness (QED) is 0.887. The number of methoxy groups -OCH3 is 1. The average molecular weight is 361 g/mol. The molecular formula is C11H13BrN4O3S. The van der Waals surface area contributed by atoms with Gasteiger partial charge in [-0.2, -0.15) is 0 Å². The minimum Gasteiger partial charge on any atom is -0.497 e. The topological polar surface area (TPSA) is 100 Å². The summed E-state index contributed by atoms with van der Waals surface area (Å²) in [5.74, 6) is 1.04. The second-order valence-electron chi connectivity index (χ2n) is 3.94. The Labute approximate surface area is 124 Å². The maximum Gasteiger partial charge on any atom is 0.273 e. The maximum atomic E-state index is 11.5. The van der Waals surface area contributed by atoms with Crippen LogP contribution in [-0.2, 0) is 16.6 Å². The van der Waals surface area contributed by atoms with Gasteiger partial charge in [0, 0.05) is 16.6 Å². The molecule has 0 bridgehead atoms.